The molecule has 0 unspecified atom stereocenters. The zero-order chi connectivity index (χ0) is 19.1. The Kier molecular flexibility index (Phi) is 3.72. The smallest absolute Gasteiger partial charge is 0.326 e. The van der Waals surface area contributed by atoms with Crippen LogP contribution in [0.5, 0.6) is 0 Å². The molecule has 136 valence electrons. The number of hydrogen-bond donors (Lipinski definition) is 2. The summed E-state index contributed by atoms with van der Waals surface area (Å²) in [7, 11) is 0. The lowest BCUT2D eigenvalue weighted by Gasteiger charge is -2.09. The predicted octanol–water partition coefficient (Wildman–Crippen LogP) is 4.02. The summed E-state index contributed by atoms with van der Waals surface area (Å²) in [5.41, 5.74) is 3.46. The van der Waals surface area contributed by atoms with E-state index >= 15 is 0 Å². The van der Waals surface area contributed by atoms with Crippen LogP contribution >= 0.6 is 0 Å². The van der Waals surface area contributed by atoms with E-state index in [1.54, 1.807) is 6.08 Å². The Morgan fingerprint density at radius 1 is 0.821 bits per heavy atom. The average molecular weight is 367 g/mol. The quantitative estimate of drug-likeness (QED) is 0.424. The van der Waals surface area contributed by atoms with E-state index in [2.05, 4.69) is 57.7 Å². The Balaban J connectivity index is 1.62. The van der Waals surface area contributed by atoms with Crippen LogP contribution in [0.4, 0.5) is 4.79 Å². The maximum absolute atomic E-state index is 11.9. The first-order valence-electron chi connectivity index (χ1n) is 9.07. The van der Waals surface area contributed by atoms with Crippen molar-refractivity contribution in [3.8, 4) is 0 Å². The lowest BCUT2D eigenvalue weighted by Crippen LogP contribution is -2.22. The molecular formula is C23H17N3O2. The van der Waals surface area contributed by atoms with Gasteiger partial charge in [-0.1, -0.05) is 60.7 Å². The van der Waals surface area contributed by atoms with Gasteiger partial charge in [-0.3, -0.25) is 10.1 Å². The first-order chi connectivity index (χ1) is 13.7. The van der Waals surface area contributed by atoms with Crippen molar-refractivity contribution in [2.24, 2.45) is 0 Å². The molecule has 4 aromatic rings. The minimum atomic E-state index is -0.490. The van der Waals surface area contributed by atoms with Gasteiger partial charge in [0.25, 0.3) is 5.91 Å². The Labute approximate surface area is 161 Å². The van der Waals surface area contributed by atoms with Crippen molar-refractivity contribution in [1.82, 2.24) is 15.2 Å². The van der Waals surface area contributed by atoms with Gasteiger partial charge in [-0.15, -0.1) is 0 Å². The second-order valence-corrected chi connectivity index (χ2v) is 6.83. The molecule has 2 heterocycles. The Morgan fingerprint density at radius 2 is 1.57 bits per heavy atom. The molecule has 0 saturated carbocycles. The lowest BCUT2D eigenvalue weighted by atomic mass is 10.0. The molecule has 1 aliphatic heterocycles. The molecule has 0 aliphatic carbocycles. The van der Waals surface area contributed by atoms with Gasteiger partial charge in [0.2, 0.25) is 0 Å². The molecule has 5 heteroatoms. The molecule has 5 nitrogen and oxygen atoms in total. The van der Waals surface area contributed by atoms with Crippen LogP contribution in [0.1, 0.15) is 11.1 Å². The molecule has 0 bridgehead atoms. The Morgan fingerprint density at radius 3 is 2.39 bits per heavy atom. The number of para-hydroxylation sites is 1. The summed E-state index contributed by atoms with van der Waals surface area (Å²) in [4.78, 5) is 23.3. The molecule has 0 radical (unpaired) electrons. The van der Waals surface area contributed by atoms with Gasteiger partial charge >= 0.3 is 6.03 Å². The molecule has 2 N–H and O–H groups in total. The van der Waals surface area contributed by atoms with Crippen LogP contribution in [0.2, 0.25) is 0 Å². The van der Waals surface area contributed by atoms with Crippen molar-refractivity contribution >= 4 is 39.7 Å². The van der Waals surface area contributed by atoms with Crippen molar-refractivity contribution in [2.45, 2.75) is 6.54 Å². The minimum Gasteiger partial charge on any atom is -0.342 e. The van der Waals surface area contributed by atoms with Gasteiger partial charge in [0.1, 0.15) is 5.70 Å². The highest BCUT2D eigenvalue weighted by Crippen LogP contribution is 2.26. The summed E-state index contributed by atoms with van der Waals surface area (Å²) in [6.45, 7) is 0.712. The number of hydrogen-bond acceptors (Lipinski definition) is 2. The summed E-state index contributed by atoms with van der Waals surface area (Å²) < 4.78 is 2.18. The highest BCUT2D eigenvalue weighted by atomic mass is 16.2. The standard InChI is InChI=1S/C23H17N3O2/c27-22-20(24-23(28)25-22)12-17-14-26(21-11-4-3-10-19(17)21)13-16-8-5-7-15-6-1-2-9-18(15)16/h1-12,14H,13H2,(H2,24,25,27,28)/b20-12+. The van der Waals surface area contributed by atoms with Gasteiger partial charge in [-0.05, 0) is 28.5 Å². The second-order valence-electron chi connectivity index (χ2n) is 6.83. The molecule has 1 aromatic heterocycles. The third kappa shape index (κ3) is 2.74. The fourth-order valence-corrected chi connectivity index (χ4v) is 3.77. The van der Waals surface area contributed by atoms with E-state index in [4.69, 9.17) is 0 Å². The fourth-order valence-electron chi connectivity index (χ4n) is 3.77. The molecule has 1 saturated heterocycles. The molecule has 0 atom stereocenters. The third-order valence-electron chi connectivity index (χ3n) is 5.06. The van der Waals surface area contributed by atoms with Gasteiger partial charge in [0.15, 0.2) is 0 Å². The highest BCUT2D eigenvalue weighted by molar-refractivity contribution is 6.14. The SMILES string of the molecule is O=C1NC(=O)/C(=C\c2cn(Cc3cccc4ccccc34)c3ccccc23)N1. The van der Waals surface area contributed by atoms with Gasteiger partial charge < -0.3 is 9.88 Å². The van der Waals surface area contributed by atoms with Crippen LogP contribution in [-0.4, -0.2) is 16.5 Å². The Bertz CT molecular complexity index is 1280. The van der Waals surface area contributed by atoms with Gasteiger partial charge in [-0.2, -0.15) is 0 Å². The number of carbonyl (C=O) groups excluding carboxylic acids is 2. The molecule has 1 aliphatic rings. The number of imide groups is 1. The van der Waals surface area contributed by atoms with E-state index in [9.17, 15) is 9.59 Å². The van der Waals surface area contributed by atoms with Gasteiger partial charge in [0, 0.05) is 29.2 Å². The molecular weight excluding hydrogens is 350 g/mol. The number of aromatic nitrogens is 1. The van der Waals surface area contributed by atoms with Crippen LogP contribution in [0.25, 0.3) is 27.8 Å². The lowest BCUT2D eigenvalue weighted by molar-refractivity contribution is -0.115. The summed E-state index contributed by atoms with van der Waals surface area (Å²) in [5.74, 6) is -0.407. The fraction of sp³-hybridized carbons (Fsp3) is 0.0435. The van der Waals surface area contributed by atoms with Crippen molar-refractivity contribution in [1.29, 1.82) is 0 Å². The number of rotatable bonds is 3. The van der Waals surface area contributed by atoms with Crippen molar-refractivity contribution < 1.29 is 9.59 Å². The summed E-state index contributed by atoms with van der Waals surface area (Å²) in [6, 6.07) is 22.2. The zero-order valence-electron chi connectivity index (χ0n) is 15.0. The topological polar surface area (TPSA) is 63.1 Å². The number of fused-ring (bicyclic) bond motifs is 2. The normalized spacial score (nSPS) is 15.4. The van der Waals surface area contributed by atoms with Crippen LogP contribution in [0.3, 0.4) is 0 Å². The third-order valence-corrected chi connectivity index (χ3v) is 5.06. The number of carbonyl (C=O) groups is 2. The first kappa shape index (κ1) is 16.3. The van der Waals surface area contributed by atoms with E-state index in [0.29, 0.717) is 6.54 Å². The number of amides is 3. The molecule has 28 heavy (non-hydrogen) atoms. The van der Waals surface area contributed by atoms with Crippen molar-refractivity contribution in [2.75, 3.05) is 0 Å². The first-order valence-corrected chi connectivity index (χ1v) is 9.07. The predicted molar refractivity (Wildman–Crippen MR) is 110 cm³/mol. The largest absolute Gasteiger partial charge is 0.342 e. The zero-order valence-corrected chi connectivity index (χ0v) is 15.0. The van der Waals surface area contributed by atoms with E-state index in [1.165, 1.54) is 16.3 Å². The van der Waals surface area contributed by atoms with E-state index in [0.717, 1.165) is 16.5 Å². The van der Waals surface area contributed by atoms with Gasteiger partial charge in [0.05, 0.1) is 0 Å². The monoisotopic (exact) mass is 367 g/mol. The van der Waals surface area contributed by atoms with Crippen LogP contribution < -0.4 is 10.6 Å². The highest BCUT2D eigenvalue weighted by Gasteiger charge is 2.23. The molecule has 3 aromatic carbocycles. The summed E-state index contributed by atoms with van der Waals surface area (Å²) in [5, 5.41) is 8.26. The van der Waals surface area contributed by atoms with E-state index in [-0.39, 0.29) is 5.70 Å². The van der Waals surface area contributed by atoms with Crippen LogP contribution in [0, 0.1) is 0 Å². The minimum absolute atomic E-state index is 0.262. The number of nitrogens with one attached hydrogen (secondary N) is 2. The second kappa shape index (κ2) is 6.39. The van der Waals surface area contributed by atoms with E-state index in [1.807, 2.05) is 30.5 Å². The van der Waals surface area contributed by atoms with E-state index < -0.39 is 11.9 Å². The number of benzene rings is 3. The molecule has 0 spiro atoms. The average Bonchev–Trinajstić information content (AvgIpc) is 3.22. The van der Waals surface area contributed by atoms with Crippen molar-refractivity contribution in [3.05, 3.63) is 89.8 Å². The van der Waals surface area contributed by atoms with Crippen LogP contribution in [0.15, 0.2) is 78.6 Å². The molecule has 1 fully saturated rings. The molecule has 3 amide bonds. The van der Waals surface area contributed by atoms with Crippen LogP contribution in [-0.2, 0) is 11.3 Å². The molecule has 5 rings (SSSR count). The summed E-state index contributed by atoms with van der Waals surface area (Å²) >= 11 is 0. The summed E-state index contributed by atoms with van der Waals surface area (Å²) in [6.07, 6.45) is 3.75. The number of urea groups is 1. The maximum atomic E-state index is 11.9. The Hall–Kier alpha value is -3.86. The van der Waals surface area contributed by atoms with Gasteiger partial charge in [-0.25, -0.2) is 4.79 Å². The van der Waals surface area contributed by atoms with Crippen molar-refractivity contribution in [3.63, 3.8) is 0 Å². The number of nitrogens with zero attached hydrogens (tertiary/aromatic N) is 1. The maximum Gasteiger partial charge on any atom is 0.326 e.